The lowest BCUT2D eigenvalue weighted by Gasteiger charge is -2.04. The van der Waals surface area contributed by atoms with Gasteiger partial charge in [-0.2, -0.15) is 5.10 Å². The van der Waals surface area contributed by atoms with Crippen molar-refractivity contribution in [3.63, 3.8) is 0 Å². The van der Waals surface area contributed by atoms with E-state index >= 15 is 0 Å². The molecule has 0 aliphatic heterocycles. The summed E-state index contributed by atoms with van der Waals surface area (Å²) in [4.78, 5) is 16.8. The number of thiazole rings is 1. The zero-order valence-electron chi connectivity index (χ0n) is 13.9. The first kappa shape index (κ1) is 15.5. The molecule has 0 aliphatic carbocycles. The summed E-state index contributed by atoms with van der Waals surface area (Å²) in [5, 5.41) is 7.93. The summed E-state index contributed by atoms with van der Waals surface area (Å²) in [5.41, 5.74) is 4.41. The van der Waals surface area contributed by atoms with E-state index < -0.39 is 0 Å². The summed E-state index contributed by atoms with van der Waals surface area (Å²) < 4.78 is 2.79. The van der Waals surface area contributed by atoms with Crippen molar-refractivity contribution in [3.8, 4) is 10.6 Å². The molecule has 2 heterocycles. The molecule has 124 valence electrons. The van der Waals surface area contributed by atoms with Gasteiger partial charge in [0.15, 0.2) is 5.69 Å². The van der Waals surface area contributed by atoms with Crippen molar-refractivity contribution in [2.45, 2.75) is 6.92 Å². The molecule has 4 rings (SSSR count). The van der Waals surface area contributed by atoms with Crippen molar-refractivity contribution in [2.75, 3.05) is 5.32 Å². The molecule has 0 bridgehead atoms. The average Bonchev–Trinajstić information content (AvgIpc) is 3.21. The molecule has 0 fully saturated rings. The molecule has 5 nitrogen and oxygen atoms in total. The molecule has 0 saturated carbocycles. The summed E-state index contributed by atoms with van der Waals surface area (Å²) in [6, 6.07) is 15.7. The van der Waals surface area contributed by atoms with E-state index in [0.717, 1.165) is 21.8 Å². The van der Waals surface area contributed by atoms with Gasteiger partial charge < -0.3 is 5.32 Å². The zero-order chi connectivity index (χ0) is 17.4. The smallest absolute Gasteiger partial charge is 0.276 e. The molecule has 0 spiro atoms. The number of carbonyl (C=O) groups is 1. The number of carbonyl (C=O) groups excluding carboxylic acids is 1. The molecule has 25 heavy (non-hydrogen) atoms. The maximum Gasteiger partial charge on any atom is 0.276 e. The number of aromatic nitrogens is 3. The first-order valence-corrected chi connectivity index (χ1v) is 8.69. The minimum Gasteiger partial charge on any atom is -0.321 e. The second-order valence-corrected chi connectivity index (χ2v) is 6.93. The molecule has 6 heteroatoms. The van der Waals surface area contributed by atoms with E-state index in [2.05, 4.69) is 34.5 Å². The largest absolute Gasteiger partial charge is 0.321 e. The molecule has 0 atom stereocenters. The number of fused-ring (bicyclic) bond motifs is 1. The van der Waals surface area contributed by atoms with E-state index in [4.69, 9.17) is 0 Å². The Morgan fingerprint density at radius 3 is 2.64 bits per heavy atom. The average molecular weight is 348 g/mol. The Morgan fingerprint density at radius 1 is 1.12 bits per heavy atom. The Labute approximate surface area is 149 Å². The second kappa shape index (κ2) is 6.14. The number of nitrogens with zero attached hydrogens (tertiary/aromatic N) is 3. The normalized spacial score (nSPS) is 11.0. The van der Waals surface area contributed by atoms with Crippen LogP contribution in [-0.2, 0) is 7.05 Å². The lowest BCUT2D eigenvalue weighted by atomic mass is 10.2. The van der Waals surface area contributed by atoms with Crippen LogP contribution in [0.4, 0.5) is 5.69 Å². The van der Waals surface area contributed by atoms with Gasteiger partial charge in [-0.25, -0.2) is 4.98 Å². The standard InChI is InChI=1S/C19H16N4OS/c1-12-3-8-15-17(11-12)25-19(21-15)13-4-6-14(7-5-13)20-18(24)16-9-10-23(2)22-16/h3-11H,1-2H3,(H,20,24). The van der Waals surface area contributed by atoms with Gasteiger partial charge in [-0.15, -0.1) is 11.3 Å². The van der Waals surface area contributed by atoms with Crippen LogP contribution in [-0.4, -0.2) is 20.7 Å². The Kier molecular flexibility index (Phi) is 3.82. The van der Waals surface area contributed by atoms with E-state index in [1.54, 1.807) is 35.3 Å². The fraction of sp³-hybridized carbons (Fsp3) is 0.105. The third-order valence-corrected chi connectivity index (χ3v) is 4.95. The number of aryl methyl sites for hydroxylation is 2. The van der Waals surface area contributed by atoms with Crippen LogP contribution < -0.4 is 5.32 Å². The zero-order valence-corrected chi connectivity index (χ0v) is 14.7. The predicted molar refractivity (Wildman–Crippen MR) is 101 cm³/mol. The summed E-state index contributed by atoms with van der Waals surface area (Å²) in [5.74, 6) is -0.219. The minimum atomic E-state index is -0.219. The third-order valence-electron chi connectivity index (χ3n) is 3.88. The van der Waals surface area contributed by atoms with Crippen LogP contribution in [0.3, 0.4) is 0 Å². The lowest BCUT2D eigenvalue weighted by Crippen LogP contribution is -2.12. The lowest BCUT2D eigenvalue weighted by molar-refractivity contribution is 0.102. The number of amides is 1. The van der Waals surface area contributed by atoms with Gasteiger partial charge in [0, 0.05) is 24.5 Å². The van der Waals surface area contributed by atoms with E-state index in [9.17, 15) is 4.79 Å². The highest BCUT2D eigenvalue weighted by atomic mass is 32.1. The maximum atomic E-state index is 12.1. The number of benzene rings is 2. The summed E-state index contributed by atoms with van der Waals surface area (Å²) >= 11 is 1.67. The molecule has 0 unspecified atom stereocenters. The molecule has 1 amide bonds. The van der Waals surface area contributed by atoms with Crippen molar-refractivity contribution in [1.82, 2.24) is 14.8 Å². The van der Waals surface area contributed by atoms with Crippen LogP contribution in [0.5, 0.6) is 0 Å². The quantitative estimate of drug-likeness (QED) is 0.602. The van der Waals surface area contributed by atoms with Crippen molar-refractivity contribution >= 4 is 33.1 Å². The Bertz CT molecular complexity index is 1060. The number of anilines is 1. The van der Waals surface area contributed by atoms with Gasteiger partial charge in [-0.1, -0.05) is 6.07 Å². The van der Waals surface area contributed by atoms with Gasteiger partial charge in [-0.3, -0.25) is 9.48 Å². The molecule has 2 aromatic carbocycles. The Morgan fingerprint density at radius 2 is 1.92 bits per heavy atom. The minimum absolute atomic E-state index is 0.219. The third kappa shape index (κ3) is 3.16. The molecule has 0 radical (unpaired) electrons. The molecule has 4 aromatic rings. The fourth-order valence-electron chi connectivity index (χ4n) is 2.58. The van der Waals surface area contributed by atoms with Gasteiger partial charge >= 0.3 is 0 Å². The molecule has 0 aliphatic rings. The highest BCUT2D eigenvalue weighted by Gasteiger charge is 2.10. The Hall–Kier alpha value is -2.99. The van der Waals surface area contributed by atoms with Crippen molar-refractivity contribution in [2.24, 2.45) is 7.05 Å². The number of nitrogens with one attached hydrogen (secondary N) is 1. The molecular weight excluding hydrogens is 332 g/mol. The summed E-state index contributed by atoms with van der Waals surface area (Å²) in [6.07, 6.45) is 1.74. The van der Waals surface area contributed by atoms with Crippen LogP contribution in [0.1, 0.15) is 16.1 Å². The van der Waals surface area contributed by atoms with E-state index in [1.807, 2.05) is 30.3 Å². The molecule has 2 aromatic heterocycles. The highest BCUT2D eigenvalue weighted by molar-refractivity contribution is 7.21. The predicted octanol–water partition coefficient (Wildman–Crippen LogP) is 4.26. The van der Waals surface area contributed by atoms with Gasteiger partial charge in [0.1, 0.15) is 5.01 Å². The molecule has 1 N–H and O–H groups in total. The van der Waals surface area contributed by atoms with Gasteiger partial charge in [-0.05, 0) is 55.0 Å². The molecular formula is C19H16N4OS. The van der Waals surface area contributed by atoms with Crippen LogP contribution in [0.2, 0.25) is 0 Å². The van der Waals surface area contributed by atoms with Crippen molar-refractivity contribution < 1.29 is 4.79 Å². The topological polar surface area (TPSA) is 59.8 Å². The first-order chi connectivity index (χ1) is 12.1. The molecule has 0 saturated heterocycles. The highest BCUT2D eigenvalue weighted by Crippen LogP contribution is 2.31. The maximum absolute atomic E-state index is 12.1. The summed E-state index contributed by atoms with van der Waals surface area (Å²) in [7, 11) is 1.78. The van der Waals surface area contributed by atoms with Gasteiger partial charge in [0.25, 0.3) is 5.91 Å². The van der Waals surface area contributed by atoms with E-state index in [-0.39, 0.29) is 5.91 Å². The summed E-state index contributed by atoms with van der Waals surface area (Å²) in [6.45, 7) is 2.08. The monoisotopic (exact) mass is 348 g/mol. The first-order valence-electron chi connectivity index (χ1n) is 7.87. The van der Waals surface area contributed by atoms with E-state index in [0.29, 0.717) is 5.69 Å². The van der Waals surface area contributed by atoms with Gasteiger partial charge in [0.05, 0.1) is 10.2 Å². The number of hydrogen-bond donors (Lipinski definition) is 1. The van der Waals surface area contributed by atoms with Crippen LogP contribution >= 0.6 is 11.3 Å². The van der Waals surface area contributed by atoms with Crippen LogP contribution in [0.15, 0.2) is 54.7 Å². The van der Waals surface area contributed by atoms with E-state index in [1.165, 1.54) is 10.3 Å². The van der Waals surface area contributed by atoms with Crippen molar-refractivity contribution in [1.29, 1.82) is 0 Å². The van der Waals surface area contributed by atoms with Crippen LogP contribution in [0, 0.1) is 6.92 Å². The number of hydrogen-bond acceptors (Lipinski definition) is 4. The fourth-order valence-corrected chi connectivity index (χ4v) is 3.65. The van der Waals surface area contributed by atoms with Gasteiger partial charge in [0.2, 0.25) is 0 Å². The number of rotatable bonds is 3. The second-order valence-electron chi connectivity index (χ2n) is 5.90. The Balaban J connectivity index is 1.55. The van der Waals surface area contributed by atoms with Crippen LogP contribution in [0.25, 0.3) is 20.8 Å². The van der Waals surface area contributed by atoms with Crippen molar-refractivity contribution in [3.05, 3.63) is 66.0 Å². The SMILES string of the molecule is Cc1ccc2nc(-c3ccc(NC(=O)c4ccn(C)n4)cc3)sc2c1.